The second-order valence-corrected chi connectivity index (χ2v) is 4.24. The van der Waals surface area contributed by atoms with Crippen molar-refractivity contribution in [2.24, 2.45) is 0 Å². The van der Waals surface area contributed by atoms with E-state index in [0.29, 0.717) is 24.2 Å². The summed E-state index contributed by atoms with van der Waals surface area (Å²) in [5.74, 6) is 0.546. The molecule has 1 aliphatic carbocycles. The smallest absolute Gasteiger partial charge is 0.188 e. The average molecular weight is 260 g/mol. The van der Waals surface area contributed by atoms with E-state index in [9.17, 15) is 4.79 Å². The van der Waals surface area contributed by atoms with Crippen LogP contribution in [-0.2, 0) is 9.53 Å². The predicted octanol–water partition coefficient (Wildman–Crippen LogP) is 2.86. The molecule has 0 aliphatic heterocycles. The Morgan fingerprint density at radius 2 is 2.11 bits per heavy atom. The van der Waals surface area contributed by atoms with Gasteiger partial charge in [0.05, 0.1) is 6.26 Å². The van der Waals surface area contributed by atoms with Crippen molar-refractivity contribution in [3.63, 3.8) is 0 Å². The Morgan fingerprint density at radius 3 is 2.79 bits per heavy atom. The van der Waals surface area contributed by atoms with Gasteiger partial charge in [0.1, 0.15) is 5.75 Å². The maximum absolute atomic E-state index is 11.8. The number of rotatable bonds is 4. The van der Waals surface area contributed by atoms with E-state index in [1.54, 1.807) is 13.2 Å². The zero-order valence-electron chi connectivity index (χ0n) is 10.8. The second kappa shape index (κ2) is 6.20. The third-order valence-electron chi connectivity index (χ3n) is 3.01. The molecule has 0 saturated carbocycles. The van der Waals surface area contributed by atoms with E-state index < -0.39 is 0 Å². The van der Waals surface area contributed by atoms with Crippen LogP contribution in [0.3, 0.4) is 0 Å². The fourth-order valence-electron chi connectivity index (χ4n) is 2.04. The lowest BCUT2D eigenvalue weighted by atomic mass is 9.90. The number of benzene rings is 1. The first-order chi connectivity index (χ1) is 9.26. The van der Waals surface area contributed by atoms with Crippen LogP contribution >= 0.6 is 0 Å². The number of carbonyl (C=O) groups excluding carboxylic acids is 1. The number of hydrogen-bond acceptors (Lipinski definition) is 4. The van der Waals surface area contributed by atoms with E-state index in [-0.39, 0.29) is 12.6 Å². The highest BCUT2D eigenvalue weighted by molar-refractivity contribution is 6.09. The van der Waals surface area contributed by atoms with Crippen molar-refractivity contribution in [3.8, 4) is 5.75 Å². The molecule has 1 aliphatic rings. The van der Waals surface area contributed by atoms with Crippen molar-refractivity contribution in [1.82, 2.24) is 0 Å². The van der Waals surface area contributed by atoms with Crippen LogP contribution in [0.5, 0.6) is 5.75 Å². The first-order valence-corrected chi connectivity index (χ1v) is 6.05. The van der Waals surface area contributed by atoms with Gasteiger partial charge in [0, 0.05) is 18.2 Å². The number of ketones is 1. The molecule has 0 spiro atoms. The lowest BCUT2D eigenvalue weighted by Crippen LogP contribution is -2.08. The van der Waals surface area contributed by atoms with Gasteiger partial charge in [-0.3, -0.25) is 4.79 Å². The van der Waals surface area contributed by atoms with Crippen LogP contribution in [0.4, 0.5) is 0 Å². The molecule has 0 aromatic heterocycles. The number of allylic oxidation sites excluding steroid dienone is 3. The third kappa shape index (κ3) is 3.03. The minimum Gasteiger partial charge on any atom is -0.515 e. The maximum atomic E-state index is 11.8. The van der Waals surface area contributed by atoms with Crippen molar-refractivity contribution in [2.75, 3.05) is 13.9 Å². The molecule has 0 fully saturated rings. The molecule has 4 nitrogen and oxygen atoms in total. The summed E-state index contributed by atoms with van der Waals surface area (Å²) in [5.41, 5.74) is 2.26. The van der Waals surface area contributed by atoms with E-state index >= 15 is 0 Å². The SMILES string of the molecule is COCOc1ccccc1C1=CC(=O)/C(=C\O)CC1. The summed E-state index contributed by atoms with van der Waals surface area (Å²) < 4.78 is 10.4. The minimum absolute atomic E-state index is 0.148. The van der Waals surface area contributed by atoms with Crippen molar-refractivity contribution >= 4 is 11.4 Å². The van der Waals surface area contributed by atoms with Crippen LogP contribution in [0.1, 0.15) is 18.4 Å². The molecule has 0 bridgehead atoms. The quantitative estimate of drug-likeness (QED) is 0.514. The second-order valence-electron chi connectivity index (χ2n) is 4.24. The monoisotopic (exact) mass is 260 g/mol. The maximum Gasteiger partial charge on any atom is 0.188 e. The topological polar surface area (TPSA) is 55.8 Å². The zero-order valence-corrected chi connectivity index (χ0v) is 10.8. The van der Waals surface area contributed by atoms with Gasteiger partial charge in [-0.1, -0.05) is 18.2 Å². The molecular weight excluding hydrogens is 244 g/mol. The molecule has 0 amide bonds. The molecule has 1 aromatic rings. The molecule has 0 saturated heterocycles. The summed E-state index contributed by atoms with van der Waals surface area (Å²) >= 11 is 0. The van der Waals surface area contributed by atoms with Crippen LogP contribution in [0.25, 0.3) is 5.57 Å². The van der Waals surface area contributed by atoms with Crippen LogP contribution in [-0.4, -0.2) is 24.8 Å². The lowest BCUT2D eigenvalue weighted by molar-refractivity contribution is -0.111. The number of carbonyl (C=O) groups is 1. The highest BCUT2D eigenvalue weighted by Gasteiger charge is 2.18. The van der Waals surface area contributed by atoms with Gasteiger partial charge in [-0.15, -0.1) is 0 Å². The standard InChI is InChI=1S/C15H16O4/c1-18-10-19-15-5-3-2-4-13(15)11-6-7-12(9-16)14(17)8-11/h2-5,8-9,16H,6-7,10H2,1H3/b12-9-. The third-order valence-corrected chi connectivity index (χ3v) is 3.01. The molecule has 0 unspecified atom stereocenters. The molecule has 19 heavy (non-hydrogen) atoms. The first-order valence-electron chi connectivity index (χ1n) is 6.05. The van der Waals surface area contributed by atoms with E-state index in [2.05, 4.69) is 0 Å². The molecule has 1 N–H and O–H groups in total. The van der Waals surface area contributed by atoms with Gasteiger partial charge in [0.25, 0.3) is 0 Å². The van der Waals surface area contributed by atoms with Gasteiger partial charge in [0.2, 0.25) is 0 Å². The number of methoxy groups -OCH3 is 1. The number of para-hydroxylation sites is 1. The molecule has 1 aromatic carbocycles. The normalized spacial score (nSPS) is 17.4. The number of ether oxygens (including phenoxy) is 2. The summed E-state index contributed by atoms with van der Waals surface area (Å²) in [6.07, 6.45) is 3.69. The van der Waals surface area contributed by atoms with Gasteiger partial charge in [-0.05, 0) is 30.6 Å². The van der Waals surface area contributed by atoms with Gasteiger partial charge >= 0.3 is 0 Å². The van der Waals surface area contributed by atoms with Gasteiger partial charge in [0.15, 0.2) is 12.6 Å². The van der Waals surface area contributed by atoms with Crippen LogP contribution in [0.2, 0.25) is 0 Å². The van der Waals surface area contributed by atoms with Crippen LogP contribution < -0.4 is 4.74 Å². The highest BCUT2D eigenvalue weighted by atomic mass is 16.7. The highest BCUT2D eigenvalue weighted by Crippen LogP contribution is 2.33. The van der Waals surface area contributed by atoms with Crippen molar-refractivity contribution in [3.05, 3.63) is 47.7 Å². The zero-order chi connectivity index (χ0) is 13.7. The molecule has 2 rings (SSSR count). The van der Waals surface area contributed by atoms with Gasteiger partial charge < -0.3 is 14.6 Å². The van der Waals surface area contributed by atoms with Crippen molar-refractivity contribution in [1.29, 1.82) is 0 Å². The van der Waals surface area contributed by atoms with Crippen LogP contribution in [0, 0.1) is 0 Å². The van der Waals surface area contributed by atoms with Crippen molar-refractivity contribution < 1.29 is 19.4 Å². The van der Waals surface area contributed by atoms with E-state index in [0.717, 1.165) is 17.4 Å². The Hall–Kier alpha value is -2.07. The summed E-state index contributed by atoms with van der Waals surface area (Å²) in [4.78, 5) is 11.8. The van der Waals surface area contributed by atoms with Gasteiger partial charge in [-0.2, -0.15) is 0 Å². The minimum atomic E-state index is -0.148. The van der Waals surface area contributed by atoms with Gasteiger partial charge in [-0.25, -0.2) is 0 Å². The molecule has 100 valence electrons. The molecular formula is C15H16O4. The molecule has 4 heteroatoms. The Kier molecular flexibility index (Phi) is 4.36. The summed E-state index contributed by atoms with van der Waals surface area (Å²) in [7, 11) is 1.56. The Balaban J connectivity index is 2.30. The summed E-state index contributed by atoms with van der Waals surface area (Å²) in [5, 5.41) is 8.94. The summed E-state index contributed by atoms with van der Waals surface area (Å²) in [6.45, 7) is 0.167. The fraction of sp³-hybridized carbons (Fsp3) is 0.267. The number of aliphatic hydroxyl groups is 1. The molecule has 0 atom stereocenters. The Bertz CT molecular complexity index is 529. The van der Waals surface area contributed by atoms with E-state index in [4.69, 9.17) is 14.6 Å². The largest absolute Gasteiger partial charge is 0.515 e. The first kappa shape index (κ1) is 13.4. The van der Waals surface area contributed by atoms with Crippen LogP contribution in [0.15, 0.2) is 42.2 Å². The molecule has 0 radical (unpaired) electrons. The van der Waals surface area contributed by atoms with E-state index in [1.165, 1.54) is 0 Å². The van der Waals surface area contributed by atoms with E-state index in [1.807, 2.05) is 24.3 Å². The summed E-state index contributed by atoms with van der Waals surface area (Å²) in [6, 6.07) is 7.53. The predicted molar refractivity (Wildman–Crippen MR) is 71.9 cm³/mol. The van der Waals surface area contributed by atoms with Crippen molar-refractivity contribution in [2.45, 2.75) is 12.8 Å². The number of aliphatic hydroxyl groups excluding tert-OH is 1. The Labute approximate surface area is 112 Å². The molecule has 0 heterocycles. The number of hydrogen-bond donors (Lipinski definition) is 1. The Morgan fingerprint density at radius 1 is 1.32 bits per heavy atom. The average Bonchev–Trinajstić information content (AvgIpc) is 2.45. The lowest BCUT2D eigenvalue weighted by Gasteiger charge is -2.17. The fourth-order valence-corrected chi connectivity index (χ4v) is 2.04.